The topological polar surface area (TPSA) is 78.9 Å². The molecule has 3 aromatic rings. The molecule has 0 amide bonds. The molecule has 2 heterocycles. The minimum absolute atomic E-state index is 0.217. The Kier molecular flexibility index (Phi) is 3.57. The van der Waals surface area contributed by atoms with E-state index in [1.54, 1.807) is 29.3 Å². The first-order valence-electron chi connectivity index (χ1n) is 6.13. The highest BCUT2D eigenvalue weighted by molar-refractivity contribution is 7.80. The maximum absolute atomic E-state index is 5.51. The first kappa shape index (κ1) is 13.2. The van der Waals surface area contributed by atoms with Crippen molar-refractivity contribution in [3.8, 4) is 17.6 Å². The lowest BCUT2D eigenvalue weighted by molar-refractivity contribution is 0.425. The third-order valence-electron chi connectivity index (χ3n) is 2.71. The summed E-state index contributed by atoms with van der Waals surface area (Å²) in [6.07, 6.45) is 3.12. The molecule has 7 heteroatoms. The fourth-order valence-electron chi connectivity index (χ4n) is 1.68. The minimum Gasteiger partial charge on any atom is -0.404 e. The Morgan fingerprint density at radius 3 is 2.57 bits per heavy atom. The summed E-state index contributed by atoms with van der Waals surface area (Å²) in [4.78, 5) is 8.47. The smallest absolute Gasteiger partial charge is 0.342 e. The largest absolute Gasteiger partial charge is 0.404 e. The Morgan fingerprint density at radius 2 is 1.90 bits per heavy atom. The zero-order valence-electron chi connectivity index (χ0n) is 10.9. The zero-order chi connectivity index (χ0) is 14.7. The summed E-state index contributed by atoms with van der Waals surface area (Å²) < 4.78 is 7.10. The SMILES string of the molecule is NC(=S)c1ccc(Oc2ncn(-c3ccccc3)n2)nc1. The van der Waals surface area contributed by atoms with Crippen LogP contribution in [0.2, 0.25) is 0 Å². The van der Waals surface area contributed by atoms with Crippen LogP contribution in [0.15, 0.2) is 55.0 Å². The lowest BCUT2D eigenvalue weighted by Crippen LogP contribution is -2.09. The number of nitrogens with two attached hydrogens (primary N) is 1. The van der Waals surface area contributed by atoms with Crippen LogP contribution in [0.25, 0.3) is 5.69 Å². The molecule has 2 aromatic heterocycles. The molecule has 0 aliphatic rings. The highest BCUT2D eigenvalue weighted by Crippen LogP contribution is 2.16. The molecule has 3 rings (SSSR count). The van der Waals surface area contributed by atoms with Gasteiger partial charge in [0.15, 0.2) is 0 Å². The normalized spacial score (nSPS) is 10.3. The van der Waals surface area contributed by atoms with E-state index < -0.39 is 0 Å². The van der Waals surface area contributed by atoms with Crippen molar-refractivity contribution < 1.29 is 4.74 Å². The zero-order valence-corrected chi connectivity index (χ0v) is 11.7. The average molecular weight is 297 g/mol. The van der Waals surface area contributed by atoms with Crippen molar-refractivity contribution in [2.45, 2.75) is 0 Å². The molecule has 0 atom stereocenters. The maximum Gasteiger partial charge on any atom is 0.342 e. The molecule has 104 valence electrons. The second-order valence-electron chi connectivity index (χ2n) is 4.16. The van der Waals surface area contributed by atoms with E-state index in [0.29, 0.717) is 16.4 Å². The number of nitrogens with zero attached hydrogens (tertiary/aromatic N) is 4. The number of hydrogen-bond acceptors (Lipinski definition) is 5. The maximum atomic E-state index is 5.51. The molecule has 0 saturated heterocycles. The van der Waals surface area contributed by atoms with Gasteiger partial charge >= 0.3 is 6.01 Å². The van der Waals surface area contributed by atoms with Gasteiger partial charge in [0, 0.05) is 17.8 Å². The van der Waals surface area contributed by atoms with Gasteiger partial charge in [-0.2, -0.15) is 4.98 Å². The van der Waals surface area contributed by atoms with Gasteiger partial charge in [0.2, 0.25) is 5.88 Å². The van der Waals surface area contributed by atoms with Gasteiger partial charge in [-0.15, -0.1) is 5.10 Å². The van der Waals surface area contributed by atoms with E-state index in [4.69, 9.17) is 22.7 Å². The van der Waals surface area contributed by atoms with Gasteiger partial charge in [0.05, 0.1) is 5.69 Å². The molecular formula is C14H11N5OS. The molecule has 0 spiro atoms. The Bertz CT molecular complexity index is 755. The molecule has 0 aliphatic heterocycles. The van der Waals surface area contributed by atoms with Crippen LogP contribution < -0.4 is 10.5 Å². The summed E-state index contributed by atoms with van der Waals surface area (Å²) in [5.41, 5.74) is 7.09. The van der Waals surface area contributed by atoms with Crippen LogP contribution in [-0.4, -0.2) is 24.7 Å². The van der Waals surface area contributed by atoms with Crippen molar-refractivity contribution in [2.75, 3.05) is 0 Å². The number of rotatable bonds is 4. The van der Waals surface area contributed by atoms with Crippen molar-refractivity contribution in [1.82, 2.24) is 19.7 Å². The number of hydrogen-bond donors (Lipinski definition) is 1. The lowest BCUT2D eigenvalue weighted by atomic mass is 10.3. The number of aromatic nitrogens is 4. The molecule has 6 nitrogen and oxygen atoms in total. The molecule has 0 radical (unpaired) electrons. The fourth-order valence-corrected chi connectivity index (χ4v) is 1.80. The molecule has 0 unspecified atom stereocenters. The summed E-state index contributed by atoms with van der Waals surface area (Å²) >= 11 is 4.86. The first-order valence-corrected chi connectivity index (χ1v) is 6.54. The number of thiocarbonyl (C=S) groups is 1. The van der Waals surface area contributed by atoms with Gasteiger partial charge in [-0.3, -0.25) is 0 Å². The number of ether oxygens (including phenoxy) is 1. The molecule has 0 aliphatic carbocycles. The third-order valence-corrected chi connectivity index (χ3v) is 2.94. The quantitative estimate of drug-likeness (QED) is 0.743. The second-order valence-corrected chi connectivity index (χ2v) is 4.60. The Labute approximate surface area is 126 Å². The summed E-state index contributed by atoms with van der Waals surface area (Å²) in [6, 6.07) is 13.2. The number of para-hydroxylation sites is 1. The molecule has 0 saturated carbocycles. The monoisotopic (exact) mass is 297 g/mol. The average Bonchev–Trinajstić information content (AvgIpc) is 2.97. The Morgan fingerprint density at radius 1 is 1.10 bits per heavy atom. The van der Waals surface area contributed by atoms with E-state index in [9.17, 15) is 0 Å². The lowest BCUT2D eigenvalue weighted by Gasteiger charge is -2.01. The van der Waals surface area contributed by atoms with Crippen LogP contribution in [0.4, 0.5) is 0 Å². The van der Waals surface area contributed by atoms with Crippen molar-refractivity contribution in [1.29, 1.82) is 0 Å². The van der Waals surface area contributed by atoms with Crippen LogP contribution in [0, 0.1) is 0 Å². The number of benzene rings is 1. The molecule has 0 bridgehead atoms. The summed E-state index contributed by atoms with van der Waals surface area (Å²) in [6.45, 7) is 0. The van der Waals surface area contributed by atoms with E-state index >= 15 is 0 Å². The van der Waals surface area contributed by atoms with Crippen molar-refractivity contribution in [3.05, 3.63) is 60.6 Å². The molecular weight excluding hydrogens is 286 g/mol. The number of pyridine rings is 1. The second kappa shape index (κ2) is 5.68. The van der Waals surface area contributed by atoms with Gasteiger partial charge in [-0.05, 0) is 18.2 Å². The van der Waals surface area contributed by atoms with Crippen LogP contribution in [0.5, 0.6) is 11.9 Å². The van der Waals surface area contributed by atoms with Gasteiger partial charge in [0.1, 0.15) is 11.3 Å². The first-order chi connectivity index (χ1) is 10.2. The summed E-state index contributed by atoms with van der Waals surface area (Å²) in [5, 5.41) is 4.23. The highest BCUT2D eigenvalue weighted by atomic mass is 32.1. The van der Waals surface area contributed by atoms with Crippen molar-refractivity contribution in [2.24, 2.45) is 5.73 Å². The molecule has 2 N–H and O–H groups in total. The van der Waals surface area contributed by atoms with Gasteiger partial charge in [0.25, 0.3) is 0 Å². The Balaban J connectivity index is 1.77. The van der Waals surface area contributed by atoms with Crippen LogP contribution in [-0.2, 0) is 0 Å². The third kappa shape index (κ3) is 3.03. The van der Waals surface area contributed by atoms with Crippen LogP contribution in [0.3, 0.4) is 0 Å². The molecule has 1 aromatic carbocycles. The van der Waals surface area contributed by atoms with E-state index in [0.717, 1.165) is 5.69 Å². The Hall–Kier alpha value is -2.80. The van der Waals surface area contributed by atoms with Gasteiger partial charge in [-0.1, -0.05) is 30.4 Å². The van der Waals surface area contributed by atoms with Gasteiger partial charge in [-0.25, -0.2) is 9.67 Å². The van der Waals surface area contributed by atoms with E-state index in [1.165, 1.54) is 0 Å². The summed E-state index contributed by atoms with van der Waals surface area (Å²) in [7, 11) is 0. The summed E-state index contributed by atoms with van der Waals surface area (Å²) in [5.74, 6) is 0.376. The van der Waals surface area contributed by atoms with Crippen LogP contribution >= 0.6 is 12.2 Å². The van der Waals surface area contributed by atoms with Crippen LogP contribution in [0.1, 0.15) is 5.56 Å². The van der Waals surface area contributed by atoms with Crippen molar-refractivity contribution >= 4 is 17.2 Å². The fraction of sp³-hybridized carbons (Fsp3) is 0. The highest BCUT2D eigenvalue weighted by Gasteiger charge is 2.06. The predicted octanol–water partition coefficient (Wildman–Crippen LogP) is 2.09. The molecule has 21 heavy (non-hydrogen) atoms. The van der Waals surface area contributed by atoms with E-state index in [1.807, 2.05) is 30.3 Å². The predicted molar refractivity (Wildman–Crippen MR) is 81.6 cm³/mol. The van der Waals surface area contributed by atoms with E-state index in [2.05, 4.69) is 15.1 Å². The minimum atomic E-state index is 0.217. The van der Waals surface area contributed by atoms with E-state index in [-0.39, 0.29) is 6.01 Å². The van der Waals surface area contributed by atoms with Crippen molar-refractivity contribution in [3.63, 3.8) is 0 Å². The van der Waals surface area contributed by atoms with Gasteiger partial charge < -0.3 is 10.5 Å². The molecule has 0 fully saturated rings. The standard InChI is InChI=1S/C14H11N5OS/c15-13(21)10-6-7-12(16-8-10)20-14-17-9-19(18-14)11-4-2-1-3-5-11/h1-9H,(H2,15,21).